The molecule has 0 atom stereocenters. The first-order valence-electron chi connectivity index (χ1n) is 7.71. The van der Waals surface area contributed by atoms with E-state index in [1.807, 2.05) is 0 Å². The molecule has 0 unspecified atom stereocenters. The molecule has 2 radical (unpaired) electrons. The molecular weight excluding hydrogens is 383 g/mol. The molecule has 0 saturated carbocycles. The van der Waals surface area contributed by atoms with Crippen LogP contribution >= 0.6 is 0 Å². The molecule has 7 heteroatoms. The molecule has 6 N–H and O–H groups in total. The molecule has 0 saturated heterocycles. The Morgan fingerprint density at radius 3 is 1.14 bits per heavy atom. The van der Waals surface area contributed by atoms with Crippen molar-refractivity contribution in [3.05, 3.63) is 0 Å². The van der Waals surface area contributed by atoms with Crippen LogP contribution in [-0.2, 0) is 0 Å². The topological polar surface area (TPSA) is 121 Å². The average molecular weight is 415 g/mol. The maximum atomic E-state index is 7.72. The van der Waals surface area contributed by atoms with E-state index in [0.717, 1.165) is 0 Å². The summed E-state index contributed by atoms with van der Waals surface area (Å²) in [5, 5.41) is 46.3. The van der Waals surface area contributed by atoms with Crippen molar-refractivity contribution in [2.45, 2.75) is 86.0 Å². The van der Waals surface area contributed by atoms with Crippen LogP contribution in [0, 0.1) is 0 Å². The van der Waals surface area contributed by atoms with Crippen molar-refractivity contribution < 1.29 is 30.6 Å². The zero-order valence-electron chi connectivity index (χ0n) is 13.3. The van der Waals surface area contributed by atoms with Crippen molar-refractivity contribution in [3.63, 3.8) is 0 Å². The van der Waals surface area contributed by atoms with Crippen LogP contribution < -0.4 is 0 Å². The SMILES string of the molecule is CCCCC[CH2][Sn][CH2]CCCCC.OC(O)(O)C(O)(O)O. The zero-order chi connectivity index (χ0) is 16.8. The first-order valence-corrected chi connectivity index (χ1v) is 11.7. The minimum atomic E-state index is -3.90. The van der Waals surface area contributed by atoms with Crippen LogP contribution in [-0.4, -0.2) is 63.7 Å². The molecule has 6 nitrogen and oxygen atoms in total. The van der Waals surface area contributed by atoms with E-state index < -0.39 is 11.9 Å². The van der Waals surface area contributed by atoms with Gasteiger partial charge in [0.05, 0.1) is 0 Å². The van der Waals surface area contributed by atoms with Gasteiger partial charge in [-0.3, -0.25) is 0 Å². The summed E-state index contributed by atoms with van der Waals surface area (Å²) in [6.45, 7) is 4.59. The summed E-state index contributed by atoms with van der Waals surface area (Å²) in [6.07, 6.45) is 11.8. The van der Waals surface area contributed by atoms with Gasteiger partial charge in [0.15, 0.2) is 0 Å². The normalized spacial score (nSPS) is 12.0. The van der Waals surface area contributed by atoms with Crippen molar-refractivity contribution in [2.24, 2.45) is 0 Å². The van der Waals surface area contributed by atoms with E-state index in [9.17, 15) is 0 Å². The van der Waals surface area contributed by atoms with Gasteiger partial charge >= 0.3 is 107 Å². The summed E-state index contributed by atoms with van der Waals surface area (Å²) in [7, 11) is 0. The van der Waals surface area contributed by atoms with Gasteiger partial charge in [-0.15, -0.1) is 0 Å². The van der Waals surface area contributed by atoms with Crippen LogP contribution in [0.1, 0.15) is 65.2 Å². The first kappa shape index (κ1) is 23.8. The second-order valence-electron chi connectivity index (χ2n) is 5.14. The Morgan fingerprint density at radius 2 is 0.905 bits per heavy atom. The van der Waals surface area contributed by atoms with Crippen molar-refractivity contribution >= 4 is 21.1 Å². The van der Waals surface area contributed by atoms with E-state index >= 15 is 0 Å². The first-order chi connectivity index (χ1) is 9.66. The second kappa shape index (κ2) is 14.2. The van der Waals surface area contributed by atoms with Gasteiger partial charge in [0, 0.05) is 0 Å². The van der Waals surface area contributed by atoms with Gasteiger partial charge in [0.2, 0.25) is 0 Å². The zero-order valence-corrected chi connectivity index (χ0v) is 16.1. The van der Waals surface area contributed by atoms with Gasteiger partial charge < -0.3 is 30.6 Å². The van der Waals surface area contributed by atoms with Crippen molar-refractivity contribution in [3.8, 4) is 0 Å². The van der Waals surface area contributed by atoms with Gasteiger partial charge in [0.1, 0.15) is 0 Å². The third kappa shape index (κ3) is 18.5. The van der Waals surface area contributed by atoms with E-state index in [0.29, 0.717) is 0 Å². The van der Waals surface area contributed by atoms with Gasteiger partial charge in [-0.2, -0.15) is 0 Å². The fourth-order valence-electron chi connectivity index (χ4n) is 1.48. The van der Waals surface area contributed by atoms with E-state index in [1.165, 1.54) is 38.5 Å². The maximum absolute atomic E-state index is 7.72. The molecule has 0 amide bonds. The smallest absolute Gasteiger partial charge is 0.337 e. The molecule has 0 aliphatic rings. The third-order valence-electron chi connectivity index (χ3n) is 2.86. The van der Waals surface area contributed by atoms with Gasteiger partial charge in [0.25, 0.3) is 0 Å². The maximum Gasteiger partial charge on any atom is 0.362 e. The predicted molar refractivity (Wildman–Crippen MR) is 82.4 cm³/mol. The molecule has 21 heavy (non-hydrogen) atoms. The van der Waals surface area contributed by atoms with Gasteiger partial charge in [-0.05, 0) is 0 Å². The van der Waals surface area contributed by atoms with E-state index in [4.69, 9.17) is 30.6 Å². The van der Waals surface area contributed by atoms with Gasteiger partial charge in [-0.25, -0.2) is 0 Å². The molecule has 0 aliphatic carbocycles. The second-order valence-corrected chi connectivity index (χ2v) is 9.42. The number of unbranched alkanes of at least 4 members (excludes halogenated alkanes) is 6. The molecule has 0 rings (SSSR count). The van der Waals surface area contributed by atoms with Crippen LogP contribution in [0.2, 0.25) is 8.87 Å². The fraction of sp³-hybridized carbons (Fsp3) is 1.00. The number of hydrogen-bond acceptors (Lipinski definition) is 6. The Balaban J connectivity index is 0. The average Bonchev–Trinajstić information content (AvgIpc) is 2.35. The largest absolute Gasteiger partial charge is 0.362 e. The Hall–Kier alpha value is 0.559. The summed E-state index contributed by atoms with van der Waals surface area (Å²) in [5.41, 5.74) is 0. The van der Waals surface area contributed by atoms with Crippen molar-refractivity contribution in [1.82, 2.24) is 0 Å². The van der Waals surface area contributed by atoms with Crippen LogP contribution in [0.15, 0.2) is 0 Å². The quantitative estimate of drug-likeness (QED) is 0.170. The van der Waals surface area contributed by atoms with Crippen LogP contribution in [0.5, 0.6) is 0 Å². The molecule has 0 fully saturated rings. The van der Waals surface area contributed by atoms with Crippen molar-refractivity contribution in [2.75, 3.05) is 0 Å². The summed E-state index contributed by atoms with van der Waals surface area (Å²) >= 11 is 0.104. The van der Waals surface area contributed by atoms with Crippen LogP contribution in [0.25, 0.3) is 0 Å². The number of rotatable bonds is 11. The predicted octanol–water partition coefficient (Wildman–Crippen LogP) is 0.936. The summed E-state index contributed by atoms with van der Waals surface area (Å²) < 4.78 is 3.30. The molecule has 0 bridgehead atoms. The number of aliphatic hydroxyl groups is 6. The Labute approximate surface area is 138 Å². The number of hydrogen-bond donors (Lipinski definition) is 6. The molecule has 0 aromatic carbocycles. The molecular formula is C14H32O6Sn. The Bertz CT molecular complexity index is 190. The Morgan fingerprint density at radius 1 is 0.571 bits per heavy atom. The summed E-state index contributed by atoms with van der Waals surface area (Å²) in [5.74, 6) is -7.79. The molecule has 0 heterocycles. The van der Waals surface area contributed by atoms with E-state index in [1.54, 1.807) is 21.7 Å². The monoisotopic (exact) mass is 416 g/mol. The minimum Gasteiger partial charge on any atom is -0.337 e. The van der Waals surface area contributed by atoms with E-state index in [-0.39, 0.29) is 21.1 Å². The Kier molecular flexibility index (Phi) is 16.1. The summed E-state index contributed by atoms with van der Waals surface area (Å²) in [4.78, 5) is 0. The molecule has 0 spiro atoms. The standard InChI is InChI=1S/2C6H13.C2H6O6.Sn/c2*1-3-5-6-4-2;3-1(4,5)2(6,7)8;/h2*1,3-6H2,2H3;3-8H;. The summed E-state index contributed by atoms with van der Waals surface area (Å²) in [6, 6.07) is 0. The van der Waals surface area contributed by atoms with Crippen LogP contribution in [0.3, 0.4) is 0 Å². The minimum absolute atomic E-state index is 0.104. The third-order valence-corrected chi connectivity index (χ3v) is 6.90. The van der Waals surface area contributed by atoms with E-state index in [2.05, 4.69) is 13.8 Å². The molecule has 0 aromatic rings. The molecule has 0 aromatic heterocycles. The fourth-order valence-corrected chi connectivity index (χ4v) is 5.05. The van der Waals surface area contributed by atoms with Gasteiger partial charge in [-0.1, -0.05) is 0 Å². The molecule has 128 valence electrons. The molecule has 0 aliphatic heterocycles. The van der Waals surface area contributed by atoms with Crippen molar-refractivity contribution in [1.29, 1.82) is 0 Å². The van der Waals surface area contributed by atoms with Crippen LogP contribution in [0.4, 0.5) is 0 Å².